The molecule has 1 aliphatic carbocycles. The number of methoxy groups -OCH3 is 1. The number of nitrogens with two attached hydrogens (primary N) is 1. The van der Waals surface area contributed by atoms with Crippen LogP contribution in [-0.2, 0) is 5.41 Å². The molecule has 0 radical (unpaired) electrons. The number of halogens is 1. The lowest BCUT2D eigenvalue weighted by molar-refractivity contribution is 0.298. The van der Waals surface area contributed by atoms with Crippen molar-refractivity contribution in [3.8, 4) is 11.5 Å². The van der Waals surface area contributed by atoms with Crippen LogP contribution in [0.5, 0.6) is 11.5 Å². The number of hydrogen-bond donors (Lipinski definition) is 2. The third kappa shape index (κ3) is 2.29. The highest BCUT2D eigenvalue weighted by Gasteiger charge is 2.35. The fraction of sp³-hybridized carbons (Fsp3) is 0.571. The SMILES string of the molecule is COc1cc(C2(CN)CCCCC2)c(Cl)cc1O. The number of ether oxygens (including phenoxy) is 1. The zero-order valence-corrected chi connectivity index (χ0v) is 11.5. The van der Waals surface area contributed by atoms with E-state index in [0.29, 0.717) is 17.3 Å². The molecule has 1 aliphatic rings. The largest absolute Gasteiger partial charge is 0.504 e. The van der Waals surface area contributed by atoms with Gasteiger partial charge in [0.15, 0.2) is 11.5 Å². The van der Waals surface area contributed by atoms with Crippen molar-refractivity contribution < 1.29 is 9.84 Å². The van der Waals surface area contributed by atoms with Crippen LogP contribution < -0.4 is 10.5 Å². The molecule has 3 nitrogen and oxygen atoms in total. The summed E-state index contributed by atoms with van der Waals surface area (Å²) in [6, 6.07) is 3.40. The molecule has 0 bridgehead atoms. The second-order valence-electron chi connectivity index (χ2n) is 5.05. The lowest BCUT2D eigenvalue weighted by Crippen LogP contribution is -2.37. The summed E-state index contributed by atoms with van der Waals surface area (Å²) >= 11 is 6.29. The highest BCUT2D eigenvalue weighted by molar-refractivity contribution is 6.31. The van der Waals surface area contributed by atoms with Crippen molar-refractivity contribution in [2.75, 3.05) is 13.7 Å². The first-order valence-electron chi connectivity index (χ1n) is 6.40. The topological polar surface area (TPSA) is 55.5 Å². The van der Waals surface area contributed by atoms with Gasteiger partial charge in [-0.15, -0.1) is 0 Å². The van der Waals surface area contributed by atoms with Gasteiger partial charge >= 0.3 is 0 Å². The van der Waals surface area contributed by atoms with E-state index in [0.717, 1.165) is 18.4 Å². The Labute approximate surface area is 113 Å². The Hall–Kier alpha value is -0.930. The van der Waals surface area contributed by atoms with E-state index >= 15 is 0 Å². The summed E-state index contributed by atoms with van der Waals surface area (Å²) in [5.41, 5.74) is 6.96. The number of rotatable bonds is 3. The van der Waals surface area contributed by atoms with Crippen molar-refractivity contribution in [1.82, 2.24) is 0 Å². The molecule has 3 N–H and O–H groups in total. The normalized spacial score (nSPS) is 18.6. The van der Waals surface area contributed by atoms with Crippen molar-refractivity contribution in [1.29, 1.82) is 0 Å². The van der Waals surface area contributed by atoms with Gasteiger partial charge in [0.25, 0.3) is 0 Å². The third-order valence-electron chi connectivity index (χ3n) is 4.04. The fourth-order valence-electron chi connectivity index (χ4n) is 2.92. The lowest BCUT2D eigenvalue weighted by Gasteiger charge is -2.37. The molecule has 1 aromatic rings. The van der Waals surface area contributed by atoms with E-state index in [-0.39, 0.29) is 11.2 Å². The van der Waals surface area contributed by atoms with E-state index in [1.807, 2.05) is 6.07 Å². The first kappa shape index (κ1) is 13.5. The smallest absolute Gasteiger partial charge is 0.160 e. The average molecular weight is 270 g/mol. The zero-order chi connectivity index (χ0) is 13.2. The maximum Gasteiger partial charge on any atom is 0.160 e. The molecule has 0 spiro atoms. The monoisotopic (exact) mass is 269 g/mol. The predicted molar refractivity (Wildman–Crippen MR) is 73.5 cm³/mol. The van der Waals surface area contributed by atoms with Gasteiger partial charge in [0.05, 0.1) is 7.11 Å². The van der Waals surface area contributed by atoms with Gasteiger partial charge in [-0.1, -0.05) is 30.9 Å². The predicted octanol–water partition coefficient (Wildman–Crippen LogP) is 3.21. The molecule has 2 rings (SSSR count). The van der Waals surface area contributed by atoms with E-state index < -0.39 is 0 Å². The Balaban J connectivity index is 2.47. The molecule has 1 fully saturated rings. The van der Waals surface area contributed by atoms with E-state index in [9.17, 15) is 5.11 Å². The van der Waals surface area contributed by atoms with Crippen LogP contribution in [0.3, 0.4) is 0 Å². The van der Waals surface area contributed by atoms with Gasteiger partial charge in [-0.3, -0.25) is 0 Å². The molecule has 4 heteroatoms. The number of benzene rings is 1. The minimum atomic E-state index is -0.0592. The van der Waals surface area contributed by atoms with Crippen LogP contribution in [0.25, 0.3) is 0 Å². The lowest BCUT2D eigenvalue weighted by atomic mass is 9.69. The molecule has 1 aromatic carbocycles. The maximum absolute atomic E-state index is 9.73. The van der Waals surface area contributed by atoms with Crippen LogP contribution in [0.1, 0.15) is 37.7 Å². The molecule has 18 heavy (non-hydrogen) atoms. The number of aromatic hydroxyl groups is 1. The van der Waals surface area contributed by atoms with Gasteiger partial charge in [-0.05, 0) is 24.5 Å². The quantitative estimate of drug-likeness (QED) is 0.886. The molecule has 0 aliphatic heterocycles. The van der Waals surface area contributed by atoms with Gasteiger partial charge in [0.1, 0.15) is 0 Å². The first-order valence-corrected chi connectivity index (χ1v) is 6.78. The summed E-state index contributed by atoms with van der Waals surface area (Å²) in [6.07, 6.45) is 5.72. The van der Waals surface area contributed by atoms with Crippen molar-refractivity contribution in [3.05, 3.63) is 22.7 Å². The molecular formula is C14H20ClNO2. The third-order valence-corrected chi connectivity index (χ3v) is 4.35. The summed E-state index contributed by atoms with van der Waals surface area (Å²) in [6.45, 7) is 0.584. The molecule has 0 aromatic heterocycles. The van der Waals surface area contributed by atoms with E-state index in [1.165, 1.54) is 19.3 Å². The van der Waals surface area contributed by atoms with Crippen LogP contribution in [0.4, 0.5) is 0 Å². The fourth-order valence-corrected chi connectivity index (χ4v) is 3.28. The minimum absolute atomic E-state index is 0.0592. The highest BCUT2D eigenvalue weighted by atomic mass is 35.5. The standard InChI is InChI=1S/C14H20ClNO2/c1-18-13-7-10(11(15)8-12(13)17)14(9-16)5-3-2-4-6-14/h7-8,17H,2-6,9,16H2,1H3. The van der Waals surface area contributed by atoms with Gasteiger partial charge in [-0.2, -0.15) is 0 Å². The summed E-state index contributed by atoms with van der Waals surface area (Å²) in [5.74, 6) is 0.544. The molecule has 100 valence electrons. The Morgan fingerprint density at radius 1 is 1.33 bits per heavy atom. The Morgan fingerprint density at radius 2 is 2.00 bits per heavy atom. The van der Waals surface area contributed by atoms with Crippen molar-refractivity contribution in [3.63, 3.8) is 0 Å². The van der Waals surface area contributed by atoms with Crippen LogP contribution >= 0.6 is 11.6 Å². The molecule has 0 unspecified atom stereocenters. The van der Waals surface area contributed by atoms with Crippen LogP contribution in [0.15, 0.2) is 12.1 Å². The summed E-state index contributed by atoms with van der Waals surface area (Å²) < 4.78 is 5.17. The van der Waals surface area contributed by atoms with Crippen LogP contribution in [-0.4, -0.2) is 18.8 Å². The summed E-state index contributed by atoms with van der Waals surface area (Å²) in [4.78, 5) is 0. The zero-order valence-electron chi connectivity index (χ0n) is 10.7. The van der Waals surface area contributed by atoms with Crippen LogP contribution in [0.2, 0.25) is 5.02 Å². The maximum atomic E-state index is 9.73. The van der Waals surface area contributed by atoms with E-state index in [1.54, 1.807) is 13.2 Å². The molecule has 0 atom stereocenters. The molecule has 0 heterocycles. The van der Waals surface area contributed by atoms with Gasteiger partial charge in [-0.25, -0.2) is 0 Å². The van der Waals surface area contributed by atoms with E-state index in [4.69, 9.17) is 22.1 Å². The van der Waals surface area contributed by atoms with Crippen molar-refractivity contribution in [2.24, 2.45) is 5.73 Å². The Bertz CT molecular complexity index is 428. The average Bonchev–Trinajstić information content (AvgIpc) is 2.39. The van der Waals surface area contributed by atoms with Crippen molar-refractivity contribution in [2.45, 2.75) is 37.5 Å². The summed E-state index contributed by atoms with van der Waals surface area (Å²) in [7, 11) is 1.54. The van der Waals surface area contributed by atoms with Gasteiger partial charge in [0.2, 0.25) is 0 Å². The minimum Gasteiger partial charge on any atom is -0.504 e. The first-order chi connectivity index (χ1) is 8.63. The number of hydrogen-bond acceptors (Lipinski definition) is 3. The molecular weight excluding hydrogens is 250 g/mol. The van der Waals surface area contributed by atoms with E-state index in [2.05, 4.69) is 0 Å². The second-order valence-corrected chi connectivity index (χ2v) is 5.46. The second kappa shape index (κ2) is 5.37. The van der Waals surface area contributed by atoms with Gasteiger partial charge in [0, 0.05) is 23.0 Å². The molecule has 0 saturated heterocycles. The Morgan fingerprint density at radius 3 is 2.56 bits per heavy atom. The molecule has 1 saturated carbocycles. The Kier molecular flexibility index (Phi) is 4.03. The number of phenolic OH excluding ortho intramolecular Hbond substituents is 1. The van der Waals surface area contributed by atoms with Crippen LogP contribution in [0, 0.1) is 0 Å². The molecule has 0 amide bonds. The van der Waals surface area contributed by atoms with Crippen molar-refractivity contribution >= 4 is 11.6 Å². The number of phenols is 1. The summed E-state index contributed by atoms with van der Waals surface area (Å²) in [5, 5.41) is 10.3. The highest BCUT2D eigenvalue weighted by Crippen LogP contribution is 2.44. The van der Waals surface area contributed by atoms with Gasteiger partial charge < -0.3 is 15.6 Å².